The minimum Gasteiger partial charge on any atom is -0.300 e. The van der Waals surface area contributed by atoms with Crippen molar-refractivity contribution in [1.29, 1.82) is 0 Å². The van der Waals surface area contributed by atoms with Crippen LogP contribution in [0.3, 0.4) is 0 Å². The molecule has 3 nitrogen and oxygen atoms in total. The summed E-state index contributed by atoms with van der Waals surface area (Å²) < 4.78 is 14.7. The monoisotopic (exact) mass is 411 g/mol. The number of Topliss-reactive ketones (excluding diaryl/α,β-unsaturated/α-hetero) is 1. The predicted molar refractivity (Wildman–Crippen MR) is 83.8 cm³/mol. The number of carbonyl (C=O) groups is 2. The van der Waals surface area contributed by atoms with Crippen LogP contribution in [-0.4, -0.2) is 11.7 Å². The molecule has 0 N–H and O–H groups in total. The largest absolute Gasteiger partial charge is 0.300 e. The number of ketones is 1. The van der Waals surface area contributed by atoms with Gasteiger partial charge in [0.15, 0.2) is 0 Å². The fourth-order valence-corrected chi connectivity index (χ4v) is 3.19. The molecule has 0 aromatic heterocycles. The number of carbonyl (C=O) groups excluding carboxylic acids is 2. The molecular formula is C15H8Br2FNO2. The van der Waals surface area contributed by atoms with E-state index in [0.29, 0.717) is 21.3 Å². The summed E-state index contributed by atoms with van der Waals surface area (Å²) in [6.07, 6.45) is 0. The molecule has 0 unspecified atom stereocenters. The van der Waals surface area contributed by atoms with Crippen LogP contribution in [0.25, 0.3) is 0 Å². The Bertz CT molecular complexity index is 756. The normalized spacial score (nSPS) is 13.8. The molecule has 0 fully saturated rings. The standard InChI is InChI=1S/C15H8Br2FNO2/c16-9-1-2-13-12(6-9)14(20)15(21)19(13)7-8-3-10(17)5-11(18)4-8/h1-6H,7H2. The van der Waals surface area contributed by atoms with Crippen molar-refractivity contribution >= 4 is 49.2 Å². The van der Waals surface area contributed by atoms with E-state index >= 15 is 0 Å². The van der Waals surface area contributed by atoms with Gasteiger partial charge in [0.1, 0.15) is 5.82 Å². The van der Waals surface area contributed by atoms with Crippen molar-refractivity contribution in [1.82, 2.24) is 0 Å². The molecule has 1 heterocycles. The van der Waals surface area contributed by atoms with E-state index in [1.54, 1.807) is 24.3 Å². The number of nitrogens with zero attached hydrogens (tertiary/aromatic N) is 1. The average molecular weight is 413 g/mol. The maximum atomic E-state index is 13.4. The second-order valence-corrected chi connectivity index (χ2v) is 6.49. The van der Waals surface area contributed by atoms with Crippen molar-refractivity contribution in [3.63, 3.8) is 0 Å². The van der Waals surface area contributed by atoms with Gasteiger partial charge in [-0.2, -0.15) is 0 Å². The van der Waals surface area contributed by atoms with Gasteiger partial charge in [0, 0.05) is 8.95 Å². The van der Waals surface area contributed by atoms with Gasteiger partial charge in [0.05, 0.1) is 17.8 Å². The van der Waals surface area contributed by atoms with Gasteiger partial charge >= 0.3 is 0 Å². The van der Waals surface area contributed by atoms with E-state index < -0.39 is 17.5 Å². The van der Waals surface area contributed by atoms with Crippen molar-refractivity contribution in [2.75, 3.05) is 4.90 Å². The van der Waals surface area contributed by atoms with E-state index in [9.17, 15) is 14.0 Å². The first kappa shape index (κ1) is 14.4. The predicted octanol–water partition coefficient (Wildman–Crippen LogP) is 4.08. The Hall–Kier alpha value is -1.53. The summed E-state index contributed by atoms with van der Waals surface area (Å²) in [5.41, 5.74) is 1.53. The second kappa shape index (κ2) is 5.35. The lowest BCUT2D eigenvalue weighted by Crippen LogP contribution is -2.29. The molecule has 0 radical (unpaired) electrons. The zero-order chi connectivity index (χ0) is 15.1. The van der Waals surface area contributed by atoms with Crippen LogP contribution in [0.4, 0.5) is 10.1 Å². The summed E-state index contributed by atoms with van der Waals surface area (Å²) in [5.74, 6) is -1.53. The van der Waals surface area contributed by atoms with Gasteiger partial charge in [0.2, 0.25) is 0 Å². The van der Waals surface area contributed by atoms with Crippen molar-refractivity contribution in [2.24, 2.45) is 0 Å². The van der Waals surface area contributed by atoms with Gasteiger partial charge in [-0.15, -0.1) is 0 Å². The topological polar surface area (TPSA) is 37.4 Å². The van der Waals surface area contributed by atoms with Crippen LogP contribution < -0.4 is 4.90 Å². The lowest BCUT2D eigenvalue weighted by molar-refractivity contribution is -0.114. The van der Waals surface area contributed by atoms with Crippen LogP contribution in [0.2, 0.25) is 0 Å². The first-order chi connectivity index (χ1) is 9.95. The Kier molecular flexibility index (Phi) is 3.67. The number of halogens is 3. The minimum absolute atomic E-state index is 0.148. The Morgan fingerprint density at radius 3 is 2.48 bits per heavy atom. The maximum Gasteiger partial charge on any atom is 0.299 e. The van der Waals surface area contributed by atoms with E-state index in [1.807, 2.05) is 0 Å². The number of benzene rings is 2. The molecule has 1 amide bonds. The zero-order valence-corrected chi connectivity index (χ0v) is 13.7. The first-order valence-electron chi connectivity index (χ1n) is 6.06. The summed E-state index contributed by atoms with van der Waals surface area (Å²) >= 11 is 6.49. The highest BCUT2D eigenvalue weighted by Crippen LogP contribution is 2.32. The van der Waals surface area contributed by atoms with Crippen LogP contribution in [0.1, 0.15) is 15.9 Å². The fraction of sp³-hybridized carbons (Fsp3) is 0.0667. The first-order valence-corrected chi connectivity index (χ1v) is 7.65. The Balaban J connectivity index is 2.00. The molecule has 1 aliphatic heterocycles. The highest BCUT2D eigenvalue weighted by molar-refractivity contribution is 9.10. The van der Waals surface area contributed by atoms with Crippen LogP contribution >= 0.6 is 31.9 Å². The van der Waals surface area contributed by atoms with Gasteiger partial charge in [-0.05, 0) is 42.0 Å². The smallest absolute Gasteiger partial charge is 0.299 e. The molecule has 106 valence electrons. The highest BCUT2D eigenvalue weighted by Gasteiger charge is 2.35. The summed E-state index contributed by atoms with van der Waals surface area (Å²) in [6, 6.07) is 9.50. The number of fused-ring (bicyclic) bond motifs is 1. The maximum absolute atomic E-state index is 13.4. The zero-order valence-electron chi connectivity index (χ0n) is 10.6. The molecule has 3 rings (SSSR count). The average Bonchev–Trinajstić information content (AvgIpc) is 2.63. The molecule has 6 heteroatoms. The van der Waals surface area contributed by atoms with E-state index in [-0.39, 0.29) is 6.54 Å². The van der Waals surface area contributed by atoms with E-state index in [2.05, 4.69) is 31.9 Å². The van der Waals surface area contributed by atoms with Crippen LogP contribution in [0.5, 0.6) is 0 Å². The molecule has 0 saturated carbocycles. The van der Waals surface area contributed by atoms with Crippen molar-refractivity contribution in [3.05, 3.63) is 62.3 Å². The number of hydrogen-bond donors (Lipinski definition) is 0. The molecule has 0 atom stereocenters. The molecule has 0 spiro atoms. The quantitative estimate of drug-likeness (QED) is 0.697. The van der Waals surface area contributed by atoms with Gasteiger partial charge in [-0.25, -0.2) is 4.39 Å². The number of rotatable bonds is 2. The van der Waals surface area contributed by atoms with Crippen molar-refractivity contribution in [3.8, 4) is 0 Å². The highest BCUT2D eigenvalue weighted by atomic mass is 79.9. The number of hydrogen-bond acceptors (Lipinski definition) is 2. The van der Waals surface area contributed by atoms with Gasteiger partial charge in [0.25, 0.3) is 11.7 Å². The van der Waals surface area contributed by atoms with Crippen LogP contribution in [-0.2, 0) is 11.3 Å². The molecule has 21 heavy (non-hydrogen) atoms. The van der Waals surface area contributed by atoms with E-state index in [1.165, 1.54) is 17.0 Å². The third-order valence-electron chi connectivity index (χ3n) is 3.20. The Morgan fingerprint density at radius 1 is 1.00 bits per heavy atom. The minimum atomic E-state index is -0.594. The Labute approximate surface area is 137 Å². The molecule has 0 saturated heterocycles. The van der Waals surface area contributed by atoms with E-state index in [4.69, 9.17) is 0 Å². The van der Waals surface area contributed by atoms with Crippen molar-refractivity contribution < 1.29 is 14.0 Å². The third-order valence-corrected chi connectivity index (χ3v) is 4.15. The molecule has 0 bridgehead atoms. The van der Waals surface area contributed by atoms with Gasteiger partial charge in [-0.1, -0.05) is 31.9 Å². The van der Waals surface area contributed by atoms with Crippen LogP contribution in [0, 0.1) is 5.82 Å². The SMILES string of the molecule is O=C1C(=O)N(Cc2cc(F)cc(Br)c2)c2ccc(Br)cc21. The molecule has 1 aliphatic rings. The van der Waals surface area contributed by atoms with Crippen LogP contribution in [0.15, 0.2) is 45.3 Å². The Morgan fingerprint density at radius 2 is 1.76 bits per heavy atom. The molecule has 2 aromatic rings. The third kappa shape index (κ3) is 2.65. The van der Waals surface area contributed by atoms with Gasteiger partial charge < -0.3 is 4.90 Å². The van der Waals surface area contributed by atoms with E-state index in [0.717, 1.165) is 4.47 Å². The summed E-state index contributed by atoms with van der Waals surface area (Å²) in [7, 11) is 0. The summed E-state index contributed by atoms with van der Waals surface area (Å²) in [4.78, 5) is 25.5. The fourth-order valence-electron chi connectivity index (χ4n) is 2.31. The summed E-state index contributed by atoms with van der Waals surface area (Å²) in [5, 5.41) is 0. The summed E-state index contributed by atoms with van der Waals surface area (Å²) in [6.45, 7) is 0.148. The number of amides is 1. The molecule has 2 aromatic carbocycles. The van der Waals surface area contributed by atoms with Gasteiger partial charge in [-0.3, -0.25) is 9.59 Å². The van der Waals surface area contributed by atoms with Crippen molar-refractivity contribution in [2.45, 2.75) is 6.54 Å². The number of anilines is 1. The molecular weight excluding hydrogens is 405 g/mol. The second-order valence-electron chi connectivity index (χ2n) is 4.66. The molecule has 0 aliphatic carbocycles. The lowest BCUT2D eigenvalue weighted by Gasteiger charge is -2.17. The lowest BCUT2D eigenvalue weighted by atomic mass is 10.1.